The van der Waals surface area contributed by atoms with E-state index in [1.165, 1.54) is 19.2 Å². The zero-order valence-electron chi connectivity index (χ0n) is 13.3. The molecule has 7 nitrogen and oxygen atoms in total. The molecular weight excluding hydrogens is 346 g/mol. The number of anilines is 1. The van der Waals surface area contributed by atoms with E-state index in [0.29, 0.717) is 16.4 Å². The van der Waals surface area contributed by atoms with Crippen LogP contribution in [0, 0.1) is 0 Å². The molecule has 0 aliphatic heterocycles. The fourth-order valence-corrected chi connectivity index (χ4v) is 2.29. The number of rotatable bonds is 6. The maximum Gasteiger partial charge on any atom is 0.326 e. The maximum atomic E-state index is 12.4. The number of benzene rings is 1. The molecule has 0 aliphatic rings. The van der Waals surface area contributed by atoms with E-state index in [0.717, 1.165) is 0 Å². The first-order chi connectivity index (χ1) is 11.9. The van der Waals surface area contributed by atoms with Gasteiger partial charge in [-0.2, -0.15) is 0 Å². The number of halogens is 1. The van der Waals surface area contributed by atoms with Crippen molar-refractivity contribution in [3.8, 4) is 0 Å². The van der Waals surface area contributed by atoms with E-state index in [4.69, 9.17) is 11.6 Å². The molecule has 130 valence electrons. The van der Waals surface area contributed by atoms with Crippen LogP contribution < -0.4 is 10.6 Å². The van der Waals surface area contributed by atoms with Crippen LogP contribution in [-0.4, -0.2) is 33.9 Å². The third-order valence-corrected chi connectivity index (χ3v) is 3.54. The van der Waals surface area contributed by atoms with Crippen molar-refractivity contribution < 1.29 is 19.5 Å². The van der Waals surface area contributed by atoms with E-state index in [1.807, 2.05) is 0 Å². The fraction of sp³-hybridized carbons (Fsp3) is 0.176. The van der Waals surface area contributed by atoms with E-state index in [9.17, 15) is 19.5 Å². The minimum Gasteiger partial charge on any atom is -0.480 e. The summed E-state index contributed by atoms with van der Waals surface area (Å²) in [5.74, 6) is -2.11. The highest BCUT2D eigenvalue weighted by Gasteiger charge is 2.22. The second-order valence-electron chi connectivity index (χ2n) is 5.28. The number of nitrogens with zero attached hydrogens (tertiary/aromatic N) is 1. The van der Waals surface area contributed by atoms with Crippen LogP contribution in [0.25, 0.3) is 0 Å². The zero-order valence-corrected chi connectivity index (χ0v) is 14.1. The third-order valence-electron chi connectivity index (χ3n) is 3.31. The summed E-state index contributed by atoms with van der Waals surface area (Å²) >= 11 is 5.70. The van der Waals surface area contributed by atoms with Crippen molar-refractivity contribution in [1.82, 2.24) is 10.3 Å². The van der Waals surface area contributed by atoms with Gasteiger partial charge in [0.2, 0.25) is 5.91 Å². The average Bonchev–Trinajstić information content (AvgIpc) is 2.56. The summed E-state index contributed by atoms with van der Waals surface area (Å²) in [5.41, 5.74) is 1.11. The van der Waals surface area contributed by atoms with Crippen LogP contribution in [0.15, 0.2) is 42.6 Å². The van der Waals surface area contributed by atoms with Crippen LogP contribution in [0.1, 0.15) is 22.8 Å². The van der Waals surface area contributed by atoms with Gasteiger partial charge in [0.25, 0.3) is 5.91 Å². The SMILES string of the molecule is CC(=O)Nc1ccccc1C(=O)N[C@@H](Cc1ccc(Cl)nc1)C(=O)O. The first-order valence-corrected chi connectivity index (χ1v) is 7.75. The van der Waals surface area contributed by atoms with Gasteiger partial charge in [0, 0.05) is 19.5 Å². The molecule has 1 aromatic heterocycles. The Morgan fingerprint density at radius 2 is 1.92 bits per heavy atom. The standard InChI is InChI=1S/C17H16ClN3O4/c1-10(22)20-13-5-3-2-4-12(13)16(23)21-14(17(24)25)8-11-6-7-15(18)19-9-11/h2-7,9,14H,8H2,1H3,(H,20,22)(H,21,23)(H,24,25)/t14-/m0/s1. The van der Waals surface area contributed by atoms with Crippen molar-refractivity contribution in [3.63, 3.8) is 0 Å². The quantitative estimate of drug-likeness (QED) is 0.683. The highest BCUT2D eigenvalue weighted by molar-refractivity contribution is 6.29. The molecule has 3 N–H and O–H groups in total. The van der Waals surface area contributed by atoms with Crippen LogP contribution in [0.2, 0.25) is 5.15 Å². The number of aliphatic carboxylic acids is 1. The summed E-state index contributed by atoms with van der Waals surface area (Å²) in [6, 6.07) is 8.39. The molecule has 25 heavy (non-hydrogen) atoms. The Kier molecular flexibility index (Phi) is 6.08. The Hall–Kier alpha value is -2.93. The first kappa shape index (κ1) is 18.4. The predicted octanol–water partition coefficient (Wildman–Crippen LogP) is 2.12. The van der Waals surface area contributed by atoms with E-state index >= 15 is 0 Å². The van der Waals surface area contributed by atoms with Gasteiger partial charge < -0.3 is 15.7 Å². The molecule has 1 atom stereocenters. The highest BCUT2D eigenvalue weighted by atomic mass is 35.5. The molecule has 8 heteroatoms. The normalized spacial score (nSPS) is 11.4. The first-order valence-electron chi connectivity index (χ1n) is 7.37. The Balaban J connectivity index is 2.17. The van der Waals surface area contributed by atoms with E-state index in [-0.39, 0.29) is 17.9 Å². The van der Waals surface area contributed by atoms with Gasteiger partial charge in [0.05, 0.1) is 11.3 Å². The summed E-state index contributed by atoms with van der Waals surface area (Å²) in [6.07, 6.45) is 1.50. The Labute approximate surface area is 149 Å². The fourth-order valence-electron chi connectivity index (χ4n) is 2.18. The van der Waals surface area contributed by atoms with Crippen molar-refractivity contribution in [2.75, 3.05) is 5.32 Å². The van der Waals surface area contributed by atoms with Gasteiger partial charge in [-0.05, 0) is 23.8 Å². The largest absolute Gasteiger partial charge is 0.480 e. The lowest BCUT2D eigenvalue weighted by Gasteiger charge is -2.16. The van der Waals surface area contributed by atoms with Crippen LogP contribution in [-0.2, 0) is 16.0 Å². The molecule has 1 heterocycles. The van der Waals surface area contributed by atoms with Crippen molar-refractivity contribution in [2.45, 2.75) is 19.4 Å². The van der Waals surface area contributed by atoms with Gasteiger partial charge in [-0.15, -0.1) is 0 Å². The van der Waals surface area contributed by atoms with Crippen LogP contribution >= 0.6 is 11.6 Å². The van der Waals surface area contributed by atoms with Crippen molar-refractivity contribution in [3.05, 3.63) is 58.9 Å². The molecule has 1 aromatic carbocycles. The summed E-state index contributed by atoms with van der Waals surface area (Å²) in [5, 5.41) is 14.7. The van der Waals surface area contributed by atoms with Gasteiger partial charge in [0.1, 0.15) is 11.2 Å². The molecular formula is C17H16ClN3O4. The average molecular weight is 362 g/mol. The van der Waals surface area contributed by atoms with E-state index in [2.05, 4.69) is 15.6 Å². The molecule has 2 rings (SSSR count). The van der Waals surface area contributed by atoms with Crippen LogP contribution in [0.4, 0.5) is 5.69 Å². The number of carboxylic acid groups (broad SMARTS) is 1. The number of nitrogens with one attached hydrogen (secondary N) is 2. The number of hydrogen-bond acceptors (Lipinski definition) is 4. The number of amides is 2. The molecule has 0 saturated heterocycles. The maximum absolute atomic E-state index is 12.4. The Bertz CT molecular complexity index is 793. The van der Waals surface area contributed by atoms with Crippen molar-refractivity contribution >= 4 is 35.1 Å². The highest BCUT2D eigenvalue weighted by Crippen LogP contribution is 2.15. The second-order valence-corrected chi connectivity index (χ2v) is 5.67. The minimum atomic E-state index is -1.18. The molecule has 0 fully saturated rings. The van der Waals surface area contributed by atoms with Crippen LogP contribution in [0.5, 0.6) is 0 Å². The topological polar surface area (TPSA) is 108 Å². The number of carbonyl (C=O) groups excluding carboxylic acids is 2. The number of hydrogen-bond donors (Lipinski definition) is 3. The Morgan fingerprint density at radius 1 is 1.20 bits per heavy atom. The zero-order chi connectivity index (χ0) is 18.4. The Morgan fingerprint density at radius 3 is 2.52 bits per heavy atom. The number of pyridine rings is 1. The third kappa shape index (κ3) is 5.29. The van der Waals surface area contributed by atoms with Gasteiger partial charge >= 0.3 is 5.97 Å². The summed E-state index contributed by atoms with van der Waals surface area (Å²) in [7, 11) is 0. The molecule has 2 aromatic rings. The summed E-state index contributed by atoms with van der Waals surface area (Å²) in [6.45, 7) is 1.32. The van der Waals surface area contributed by atoms with Crippen molar-refractivity contribution in [2.24, 2.45) is 0 Å². The smallest absolute Gasteiger partial charge is 0.326 e. The number of para-hydroxylation sites is 1. The number of aromatic nitrogens is 1. The molecule has 0 unspecified atom stereocenters. The van der Waals surface area contributed by atoms with Gasteiger partial charge in [0.15, 0.2) is 0 Å². The number of carbonyl (C=O) groups is 3. The summed E-state index contributed by atoms with van der Waals surface area (Å²) in [4.78, 5) is 39.0. The predicted molar refractivity (Wildman–Crippen MR) is 92.6 cm³/mol. The van der Waals surface area contributed by atoms with Crippen LogP contribution in [0.3, 0.4) is 0 Å². The molecule has 0 spiro atoms. The summed E-state index contributed by atoms with van der Waals surface area (Å²) < 4.78 is 0. The lowest BCUT2D eigenvalue weighted by atomic mass is 10.1. The monoisotopic (exact) mass is 361 g/mol. The van der Waals surface area contributed by atoms with Gasteiger partial charge in [-0.3, -0.25) is 9.59 Å². The molecule has 0 bridgehead atoms. The van der Waals surface area contributed by atoms with E-state index < -0.39 is 17.9 Å². The second kappa shape index (κ2) is 8.25. The van der Waals surface area contributed by atoms with Gasteiger partial charge in [-0.25, -0.2) is 9.78 Å². The lowest BCUT2D eigenvalue weighted by Crippen LogP contribution is -2.42. The molecule has 2 amide bonds. The molecule has 0 saturated carbocycles. The molecule has 0 aliphatic carbocycles. The minimum absolute atomic E-state index is 0.0492. The van der Waals surface area contributed by atoms with E-state index in [1.54, 1.807) is 30.3 Å². The van der Waals surface area contributed by atoms with Gasteiger partial charge in [-0.1, -0.05) is 29.8 Å². The number of carboxylic acids is 1. The van der Waals surface area contributed by atoms with Crippen molar-refractivity contribution in [1.29, 1.82) is 0 Å². The lowest BCUT2D eigenvalue weighted by molar-refractivity contribution is -0.139. The molecule has 0 radical (unpaired) electrons.